The van der Waals surface area contributed by atoms with Crippen LogP contribution >= 0.6 is 0 Å². The molecule has 9 rings (SSSR count). The first-order chi connectivity index (χ1) is 38.6. The molecule has 1 atom stereocenters. The van der Waals surface area contributed by atoms with E-state index in [2.05, 4.69) is 87.2 Å². The van der Waals surface area contributed by atoms with E-state index in [9.17, 15) is 13.2 Å². The average molecular weight is 1150 g/mol. The quantitative estimate of drug-likeness (QED) is 0.0589. The van der Waals surface area contributed by atoms with Crippen LogP contribution in [0.2, 0.25) is 6.04 Å². The number of methoxy groups -OCH3 is 2. The van der Waals surface area contributed by atoms with Gasteiger partial charge in [-0.1, -0.05) is 62.4 Å². The number of hydrogen-bond donors (Lipinski definition) is 0. The van der Waals surface area contributed by atoms with E-state index in [4.69, 9.17) is 41.7 Å². The summed E-state index contributed by atoms with van der Waals surface area (Å²) in [6.45, 7) is 30.9. The molecule has 82 heavy (non-hydrogen) atoms. The Labute approximate surface area is 486 Å². The summed E-state index contributed by atoms with van der Waals surface area (Å²) in [5.41, 5.74) is 6.25. The number of nitrogens with zero attached hydrogens (tertiary/aromatic N) is 1. The van der Waals surface area contributed by atoms with Crippen molar-refractivity contribution in [2.24, 2.45) is 0 Å². The minimum absolute atomic E-state index is 0.337. The minimum atomic E-state index is -4.43. The molecule has 0 N–H and O–H groups in total. The Morgan fingerprint density at radius 3 is 1.82 bits per heavy atom. The number of hydrogen-bond acceptors (Lipinski definition) is 10. The molecule has 0 amide bonds. The van der Waals surface area contributed by atoms with Gasteiger partial charge in [0.05, 0.1) is 62.0 Å². The molecule has 1 unspecified atom stereocenters. The molecular weight excluding hydrogens is 1060 g/mol. The van der Waals surface area contributed by atoms with Crippen LogP contribution in [0.15, 0.2) is 108 Å². The van der Waals surface area contributed by atoms with E-state index in [-0.39, 0.29) is 0 Å². The van der Waals surface area contributed by atoms with E-state index >= 15 is 0 Å². The van der Waals surface area contributed by atoms with Gasteiger partial charge in [-0.2, -0.15) is 13.2 Å². The second-order valence-corrected chi connectivity index (χ2v) is 28.3. The highest BCUT2D eigenvalue weighted by Crippen LogP contribution is 2.62. The van der Waals surface area contributed by atoms with Gasteiger partial charge in [-0.3, -0.25) is 0 Å². The first-order valence-electron chi connectivity index (χ1n) is 29.2. The predicted molar refractivity (Wildman–Crippen MR) is 323 cm³/mol. The summed E-state index contributed by atoms with van der Waals surface area (Å²) >= 11 is 0. The molecule has 0 saturated carbocycles. The van der Waals surface area contributed by atoms with Crippen LogP contribution in [0.1, 0.15) is 150 Å². The van der Waals surface area contributed by atoms with Crippen molar-refractivity contribution in [3.8, 4) is 45.3 Å². The van der Waals surface area contributed by atoms with Gasteiger partial charge in [0.1, 0.15) is 18.1 Å². The van der Waals surface area contributed by atoms with E-state index in [0.717, 1.165) is 118 Å². The monoisotopic (exact) mass is 1150 g/mol. The molecular formula is C68H86F3NO9Si. The maximum absolute atomic E-state index is 13.7. The molecule has 14 heteroatoms. The Bertz CT molecular complexity index is 3160. The van der Waals surface area contributed by atoms with Gasteiger partial charge < -0.3 is 46.6 Å². The second-order valence-electron chi connectivity index (χ2n) is 25.8. The summed E-state index contributed by atoms with van der Waals surface area (Å²) < 4.78 is 100. The Morgan fingerprint density at radius 2 is 1.27 bits per heavy atom. The molecule has 442 valence electrons. The fourth-order valence-corrected chi connectivity index (χ4v) is 16.7. The zero-order valence-corrected chi connectivity index (χ0v) is 52.1. The van der Waals surface area contributed by atoms with Gasteiger partial charge in [-0.25, -0.2) is 0 Å². The molecule has 0 bridgehead atoms. The lowest BCUT2D eigenvalue weighted by Crippen LogP contribution is -2.57. The fraction of sp³-hybridized carbons (Fsp3) is 0.500. The van der Waals surface area contributed by atoms with Crippen LogP contribution in [-0.2, 0) is 39.9 Å². The van der Waals surface area contributed by atoms with Gasteiger partial charge in [0.25, 0.3) is 0 Å². The third-order valence-corrected chi connectivity index (χ3v) is 19.8. The van der Waals surface area contributed by atoms with Crippen LogP contribution in [-0.4, -0.2) is 89.8 Å². The summed E-state index contributed by atoms with van der Waals surface area (Å²) in [4.78, 5) is 2.43. The Balaban J connectivity index is 1.07. The van der Waals surface area contributed by atoms with Crippen LogP contribution < -0.4 is 18.9 Å². The van der Waals surface area contributed by atoms with Gasteiger partial charge in [0.2, 0.25) is 0 Å². The molecule has 2 aliphatic carbocycles. The van der Waals surface area contributed by atoms with Crippen molar-refractivity contribution in [1.82, 2.24) is 4.90 Å². The number of alkyl halides is 3. The Morgan fingerprint density at radius 1 is 0.671 bits per heavy atom. The number of halogens is 3. The zero-order valence-electron chi connectivity index (χ0n) is 51.1. The first kappa shape index (κ1) is 61.0. The second kappa shape index (κ2) is 23.1. The maximum Gasteiger partial charge on any atom is 0.502 e. The van der Waals surface area contributed by atoms with Crippen LogP contribution in [0.25, 0.3) is 39.1 Å². The molecule has 5 aromatic carbocycles. The van der Waals surface area contributed by atoms with E-state index in [1.54, 1.807) is 26.4 Å². The topological polar surface area (TPSA) is 86.3 Å². The van der Waals surface area contributed by atoms with Crippen LogP contribution in [0.5, 0.6) is 23.0 Å². The normalized spacial score (nSPS) is 18.3. The molecule has 1 fully saturated rings. The zero-order chi connectivity index (χ0) is 59.3. The van der Waals surface area contributed by atoms with Crippen molar-refractivity contribution in [3.05, 3.63) is 136 Å². The third kappa shape index (κ3) is 12.7. The number of fused-ring (bicyclic) bond motifs is 8. The van der Waals surface area contributed by atoms with Crippen molar-refractivity contribution in [3.63, 3.8) is 0 Å². The number of morpholine rings is 1. The van der Waals surface area contributed by atoms with Crippen molar-refractivity contribution >= 4 is 25.7 Å². The summed E-state index contributed by atoms with van der Waals surface area (Å²) in [5.74, 6) is 2.61. The third-order valence-electron chi connectivity index (χ3n) is 16.2. The Hall–Kier alpha value is -5.61. The van der Waals surface area contributed by atoms with Crippen LogP contribution in [0, 0.1) is 0 Å². The average Bonchev–Trinajstić information content (AvgIpc) is 1.68. The van der Waals surface area contributed by atoms with Crippen LogP contribution in [0.4, 0.5) is 13.2 Å². The smallest absolute Gasteiger partial charge is 0.493 e. The van der Waals surface area contributed by atoms with Gasteiger partial charge in [0, 0.05) is 46.8 Å². The van der Waals surface area contributed by atoms with E-state index in [1.807, 2.05) is 86.6 Å². The number of allylic oxidation sites excluding steroid dienone is 3. The van der Waals surface area contributed by atoms with E-state index in [0.29, 0.717) is 56.1 Å². The van der Waals surface area contributed by atoms with Crippen molar-refractivity contribution in [2.45, 2.75) is 168 Å². The lowest BCUT2D eigenvalue weighted by molar-refractivity contribution is -0.137. The highest BCUT2D eigenvalue weighted by atomic mass is 28.4. The lowest BCUT2D eigenvalue weighted by Gasteiger charge is -2.44. The lowest BCUT2D eigenvalue weighted by atomic mass is 9.70. The predicted octanol–water partition coefficient (Wildman–Crippen LogP) is 16.8. The highest BCUT2D eigenvalue weighted by molar-refractivity contribution is 6.61. The number of ether oxygens (including phenoxy) is 6. The van der Waals surface area contributed by atoms with Gasteiger partial charge >= 0.3 is 15.0 Å². The molecule has 1 saturated heterocycles. The summed E-state index contributed by atoms with van der Waals surface area (Å²) in [6.07, 6.45) is 8.38. The minimum Gasteiger partial charge on any atom is -0.493 e. The molecule has 0 aromatic heterocycles. The molecule has 2 aliphatic heterocycles. The maximum atomic E-state index is 13.7. The molecule has 0 spiro atoms. The molecule has 4 aliphatic rings. The fourth-order valence-electron chi connectivity index (χ4n) is 12.5. The first-order valence-corrected chi connectivity index (χ1v) is 31.2. The summed E-state index contributed by atoms with van der Waals surface area (Å²) in [5, 5.41) is 1.84. The van der Waals surface area contributed by atoms with Crippen molar-refractivity contribution in [1.29, 1.82) is 0 Å². The van der Waals surface area contributed by atoms with Crippen molar-refractivity contribution < 1.29 is 54.9 Å². The Kier molecular flexibility index (Phi) is 17.2. The molecule has 0 radical (unpaired) electrons. The largest absolute Gasteiger partial charge is 0.502 e. The van der Waals surface area contributed by atoms with Gasteiger partial charge in [0.15, 0.2) is 17.1 Å². The molecule has 10 nitrogen and oxygen atoms in total. The SMILES string of the molecule is CCC1(CC)c2cc(-c3ccc(C(F)(F)F)cc3)ccc2-c2c1c1c(c3cc(OC)c(OC)cc23)OC(C2=CC=C(N3CCOCC3)CC2)(c2ccc(OCCOC(C)(C)CC[Si](OC(C)(C)C)(OC(C)(C)C)OC(C)(C)C)cc2)C=C1. The number of benzene rings is 5. The van der Waals surface area contributed by atoms with Crippen molar-refractivity contribution in [2.75, 3.05) is 53.7 Å². The van der Waals surface area contributed by atoms with E-state index < -0.39 is 54.0 Å². The molecule has 5 aromatic rings. The van der Waals surface area contributed by atoms with Gasteiger partial charge in [-0.05, 0) is 207 Å². The van der Waals surface area contributed by atoms with Gasteiger partial charge in [-0.15, -0.1) is 0 Å². The highest BCUT2D eigenvalue weighted by Gasteiger charge is 2.52. The summed E-state index contributed by atoms with van der Waals surface area (Å²) in [7, 11) is 0.0750. The van der Waals surface area contributed by atoms with E-state index in [1.165, 1.54) is 5.70 Å². The standard InChI is InChI=1S/C68H86F3NO9Si/c1-16-66(17-2)56-42-46(45-18-21-49(22-19-45)68(69,70)71)20-31-52(56)59-54-43-57(73-14)58(74-15)44-55(54)61-53(60(59)66)32-33-67(78-61,47-23-27-50(28-24-47)72-35-37-75-38-36-72)48-25-29-51(30-26-48)76-39-40-77-65(12,13)34-41-82(79-62(3,4)5,80-63(6,7)8)81-64(9,10)11/h18-23,25-27,29-33,42-44H,16-17,24,28,34-41H2,1-15H3. The number of rotatable bonds is 19. The van der Waals surface area contributed by atoms with Crippen LogP contribution in [0.3, 0.4) is 0 Å². The molecule has 2 heterocycles. The summed E-state index contributed by atoms with van der Waals surface area (Å²) in [6, 6.07) is 24.7.